The van der Waals surface area contributed by atoms with E-state index in [2.05, 4.69) is 29.9 Å². The molecule has 4 heterocycles. The first-order valence-electron chi connectivity index (χ1n) is 14.8. The molecule has 0 aliphatic rings. The number of ether oxygens (including phenoxy) is 4. The fourth-order valence-electron chi connectivity index (χ4n) is 5.16. The van der Waals surface area contributed by atoms with Gasteiger partial charge in [-0.1, -0.05) is 6.07 Å². The molecule has 55 heavy (non-hydrogen) atoms. The second-order valence-electron chi connectivity index (χ2n) is 10.9. The summed E-state index contributed by atoms with van der Waals surface area (Å²) >= 11 is 0. The molecule has 4 aromatic heterocycles. The summed E-state index contributed by atoms with van der Waals surface area (Å²) in [5.74, 6) is 3.50. The van der Waals surface area contributed by atoms with Crippen LogP contribution in [0, 0.1) is 27.7 Å². The van der Waals surface area contributed by atoms with E-state index in [9.17, 15) is 8.42 Å². The third-order valence-electron chi connectivity index (χ3n) is 7.74. The molecule has 6 aromatic rings. The Balaban J connectivity index is -0.000000872. The van der Waals surface area contributed by atoms with Gasteiger partial charge in [0.25, 0.3) is 0 Å². The predicted octanol–water partition coefficient (Wildman–Crippen LogP) is 1.97. The van der Waals surface area contributed by atoms with Gasteiger partial charge in [-0.25, -0.2) is 4.98 Å². The Labute approximate surface area is 375 Å². The van der Waals surface area contributed by atoms with Crippen molar-refractivity contribution in [1.29, 1.82) is 0 Å². The third kappa shape index (κ3) is 13.1. The molecule has 2 aromatic carbocycles. The summed E-state index contributed by atoms with van der Waals surface area (Å²) in [6.07, 6.45) is 3.47. The van der Waals surface area contributed by atoms with Gasteiger partial charge in [-0.2, -0.15) is 27.0 Å². The van der Waals surface area contributed by atoms with Crippen LogP contribution in [0.25, 0.3) is 22.1 Å². The molecule has 0 radical (unpaired) electrons. The van der Waals surface area contributed by atoms with E-state index in [1.165, 1.54) is 0 Å². The number of H-pyrrole nitrogens is 1. The van der Waals surface area contributed by atoms with Crippen LogP contribution in [-0.4, -0.2) is 129 Å². The van der Waals surface area contributed by atoms with E-state index in [0.29, 0.717) is 27.1 Å². The maximum atomic E-state index is 12.7. The topological polar surface area (TPSA) is 279 Å². The van der Waals surface area contributed by atoms with Crippen molar-refractivity contribution in [3.05, 3.63) is 82.4 Å². The molecule has 0 aliphatic carbocycles. The summed E-state index contributed by atoms with van der Waals surface area (Å²) in [7, 11) is 3.74. The second-order valence-corrected chi connectivity index (χ2v) is 13.6. The van der Waals surface area contributed by atoms with E-state index in [1.54, 1.807) is 59.0 Å². The number of rotatable bonds is 10. The van der Waals surface area contributed by atoms with E-state index in [-0.39, 0.29) is 106 Å². The van der Waals surface area contributed by atoms with Crippen LogP contribution in [0.3, 0.4) is 0 Å². The van der Waals surface area contributed by atoms with Gasteiger partial charge in [-0.05, 0) is 63.0 Å². The Morgan fingerprint density at radius 3 is 1.65 bits per heavy atom. The van der Waals surface area contributed by atoms with Gasteiger partial charge < -0.3 is 55.8 Å². The van der Waals surface area contributed by atoms with Crippen molar-refractivity contribution in [2.24, 2.45) is 0 Å². The molecule has 0 aliphatic heterocycles. The van der Waals surface area contributed by atoms with Crippen LogP contribution in [0.5, 0.6) is 23.0 Å². The number of nitrogens with zero attached hydrogens (tertiary/aromatic N) is 5. The number of hydrogen-bond acceptors (Lipinski definition) is 10. The number of pyridine rings is 2. The molecular formula is C34H49N6O10S4Sr+. The zero-order valence-corrected chi connectivity index (χ0v) is 38.9. The van der Waals surface area contributed by atoms with Gasteiger partial charge in [0, 0.05) is 45.9 Å². The van der Waals surface area contributed by atoms with Gasteiger partial charge in [0.1, 0.15) is 23.0 Å². The summed E-state index contributed by atoms with van der Waals surface area (Å²) < 4.78 is 46.5. The fraction of sp³-hybridized carbons (Fsp3) is 0.294. The zero-order valence-electron chi connectivity index (χ0n) is 31.7. The van der Waals surface area contributed by atoms with Gasteiger partial charge in [0.05, 0.1) is 84.0 Å². The number of aromatic amines is 1. The average molecular weight is 918 g/mol. The monoisotopic (exact) mass is 917 g/mol. The molecule has 0 saturated heterocycles. The number of aromatic nitrogens is 6. The summed E-state index contributed by atoms with van der Waals surface area (Å²) in [6, 6.07) is 10.9. The van der Waals surface area contributed by atoms with E-state index in [0.717, 1.165) is 61.9 Å². The Hall–Kier alpha value is -2.80. The molecule has 0 saturated carbocycles. The molecule has 9 N–H and O–H groups in total. The van der Waals surface area contributed by atoms with Crippen LogP contribution in [0.2, 0.25) is 0 Å². The summed E-state index contributed by atoms with van der Waals surface area (Å²) in [5.41, 5.74) is 8.10. The normalized spacial score (nSPS) is 10.8. The molecular weight excluding hydrogens is 868 g/mol. The Bertz CT molecular complexity index is 2020. The molecule has 0 fully saturated rings. The molecule has 16 nitrogen and oxygen atoms in total. The zero-order chi connectivity index (χ0) is 34.5. The number of imidazole rings is 2. The minimum Gasteiger partial charge on any atom is -0.497 e. The first kappa shape index (κ1) is 56.5. The molecule has 0 bridgehead atoms. The summed E-state index contributed by atoms with van der Waals surface area (Å²) in [6.45, 7) is 7.71. The largest absolute Gasteiger partial charge is 2.00 e. The van der Waals surface area contributed by atoms with E-state index in [1.807, 2.05) is 45.9 Å². The molecule has 0 unspecified atom stereocenters. The van der Waals surface area contributed by atoms with Crippen molar-refractivity contribution in [2.75, 3.05) is 28.4 Å². The number of methoxy groups -OCH3 is 4. The van der Waals surface area contributed by atoms with Gasteiger partial charge in [0.15, 0.2) is 5.16 Å². The van der Waals surface area contributed by atoms with Crippen LogP contribution < -0.4 is 23.9 Å². The molecule has 300 valence electrons. The summed E-state index contributed by atoms with van der Waals surface area (Å²) in [4.78, 5) is 25.0. The van der Waals surface area contributed by atoms with E-state index >= 15 is 0 Å². The Kier molecular flexibility index (Phi) is 26.2. The average Bonchev–Trinajstić information content (AvgIpc) is 3.72. The SMILES string of the molecule is COc1ccc2[n-]c([S@@](=O)Cc3ncc(C)c(OC)c3C)nc2c1.COc1ccc2nc([S@@](=O)Cc3ncc(C)c(OC)c3C)[nH]c2c1.O.O.O.O.S.S.[Sr+2]. The van der Waals surface area contributed by atoms with Crippen molar-refractivity contribution in [3.8, 4) is 23.0 Å². The second kappa shape index (κ2) is 25.5. The summed E-state index contributed by atoms with van der Waals surface area (Å²) in [5, 5.41) is 0.734. The maximum Gasteiger partial charge on any atom is 2.00 e. The number of hydrogen-bond donors (Lipinski definition) is 1. The minimum atomic E-state index is -1.38. The molecule has 2 atom stereocenters. The molecule has 6 rings (SSSR count). The van der Waals surface area contributed by atoms with Crippen LogP contribution in [-0.2, 0) is 33.1 Å². The van der Waals surface area contributed by atoms with Gasteiger partial charge in [-0.15, -0.1) is 0 Å². The van der Waals surface area contributed by atoms with Crippen molar-refractivity contribution in [1.82, 2.24) is 29.9 Å². The third-order valence-corrected chi connectivity index (χ3v) is 10.0. The number of fused-ring (bicyclic) bond motifs is 2. The van der Waals surface area contributed by atoms with Gasteiger partial charge in [-0.3, -0.25) is 18.4 Å². The van der Waals surface area contributed by atoms with Crippen LogP contribution in [0.4, 0.5) is 0 Å². The Morgan fingerprint density at radius 1 is 0.655 bits per heavy atom. The molecule has 21 heteroatoms. The predicted molar refractivity (Wildman–Crippen MR) is 226 cm³/mol. The molecule has 0 spiro atoms. The van der Waals surface area contributed by atoms with Crippen LogP contribution in [0.15, 0.2) is 59.1 Å². The smallest absolute Gasteiger partial charge is 0.497 e. The van der Waals surface area contributed by atoms with Gasteiger partial charge >= 0.3 is 45.5 Å². The van der Waals surface area contributed by atoms with Crippen LogP contribution >= 0.6 is 27.0 Å². The van der Waals surface area contributed by atoms with E-state index < -0.39 is 21.6 Å². The first-order valence-corrected chi connectivity index (χ1v) is 17.5. The van der Waals surface area contributed by atoms with Crippen molar-refractivity contribution in [3.63, 3.8) is 0 Å². The maximum absolute atomic E-state index is 12.7. The number of nitrogens with one attached hydrogen (secondary N) is 1. The van der Waals surface area contributed by atoms with Crippen molar-refractivity contribution in [2.45, 2.75) is 49.5 Å². The number of benzene rings is 2. The fourth-order valence-corrected chi connectivity index (χ4v) is 7.33. The van der Waals surface area contributed by atoms with Crippen LogP contribution in [0.1, 0.15) is 33.6 Å². The van der Waals surface area contributed by atoms with Gasteiger partial charge in [0.2, 0.25) is 0 Å². The standard InChI is InChI=1S/C17H19N3O3S.C17H18N3O3S.4H2O.2H2S.Sr/c2*1-10-8-18-15(11(2)16(10)23-4)9-24(21)17-19-13-6-5-12(22-3)7-14(13)20-17;;;;;;;/h5-8H,9H2,1-4H3,(H,19,20);5-8H,9H2,1-4H3;6*1H2;/q;-1;;;;;;;+2/t2*24-;;;;;;;/m00......./s1. The molecule has 0 amide bonds. The van der Waals surface area contributed by atoms with E-state index in [4.69, 9.17) is 18.9 Å². The van der Waals surface area contributed by atoms with Crippen molar-refractivity contribution >= 4 is 116 Å². The number of aryl methyl sites for hydroxylation is 2. The van der Waals surface area contributed by atoms with Crippen molar-refractivity contribution < 1.29 is 49.3 Å². The minimum absolute atomic E-state index is 0. The quantitative estimate of drug-likeness (QED) is 0.194. The Morgan fingerprint density at radius 2 is 1.15 bits per heavy atom. The first-order chi connectivity index (χ1) is 23.1.